The predicted molar refractivity (Wildman–Crippen MR) is 117 cm³/mol. The number of carbonyl (C=O) groups is 2. The first-order chi connectivity index (χ1) is 14.8. The van der Waals surface area contributed by atoms with Crippen molar-refractivity contribution in [2.45, 2.75) is 33.8 Å². The number of anilines is 1. The van der Waals surface area contributed by atoms with Crippen LogP contribution in [0.2, 0.25) is 5.02 Å². The number of hydrogen-bond donors (Lipinski definition) is 1. The molecule has 2 heterocycles. The summed E-state index contributed by atoms with van der Waals surface area (Å²) in [5.74, 6) is -0.371. The number of nitrogens with zero attached hydrogens (tertiary/aromatic N) is 3. The van der Waals surface area contributed by atoms with Crippen LogP contribution in [0.15, 0.2) is 42.5 Å². The number of hydrogen-bond acceptors (Lipinski definition) is 6. The summed E-state index contributed by atoms with van der Waals surface area (Å²) in [4.78, 5) is 29.5. The highest BCUT2D eigenvalue weighted by Crippen LogP contribution is 2.24. The van der Waals surface area contributed by atoms with Gasteiger partial charge in [0.25, 0.3) is 5.91 Å². The van der Waals surface area contributed by atoms with E-state index in [1.165, 1.54) is 6.92 Å². The Morgan fingerprint density at radius 2 is 1.94 bits per heavy atom. The quantitative estimate of drug-likeness (QED) is 0.553. The van der Waals surface area contributed by atoms with Crippen molar-refractivity contribution in [2.24, 2.45) is 0 Å². The third-order valence-corrected chi connectivity index (χ3v) is 4.65. The van der Waals surface area contributed by atoms with Gasteiger partial charge in [0.2, 0.25) is 0 Å². The molecule has 1 atom stereocenters. The van der Waals surface area contributed by atoms with Crippen LogP contribution in [0.5, 0.6) is 5.75 Å². The zero-order valence-corrected chi connectivity index (χ0v) is 18.4. The lowest BCUT2D eigenvalue weighted by Gasteiger charge is -2.16. The molecule has 0 radical (unpaired) electrons. The van der Waals surface area contributed by atoms with Crippen LogP contribution in [0, 0.1) is 13.8 Å². The second-order valence-corrected chi connectivity index (χ2v) is 7.21. The average Bonchev–Trinajstić information content (AvgIpc) is 3.07. The van der Waals surface area contributed by atoms with E-state index in [0.29, 0.717) is 23.9 Å². The first kappa shape index (κ1) is 22.3. The predicted octanol–water partition coefficient (Wildman–Crippen LogP) is 4.12. The maximum absolute atomic E-state index is 12.7. The molecule has 8 nitrogen and oxygen atoms in total. The summed E-state index contributed by atoms with van der Waals surface area (Å²) in [6.07, 6.45) is -1.09. The lowest BCUT2D eigenvalue weighted by Crippen LogP contribution is -2.30. The maximum Gasteiger partial charge on any atom is 0.359 e. The van der Waals surface area contributed by atoms with Crippen molar-refractivity contribution >= 4 is 29.2 Å². The number of halogens is 1. The molecule has 9 heteroatoms. The summed E-state index contributed by atoms with van der Waals surface area (Å²) in [5.41, 5.74) is 2.06. The number of esters is 1. The molecule has 31 heavy (non-hydrogen) atoms. The lowest BCUT2D eigenvalue weighted by molar-refractivity contribution is -0.123. The molecule has 0 fully saturated rings. The number of amides is 1. The maximum atomic E-state index is 12.7. The van der Waals surface area contributed by atoms with Crippen molar-refractivity contribution in [2.75, 3.05) is 11.9 Å². The molecule has 1 amide bonds. The highest BCUT2D eigenvalue weighted by molar-refractivity contribution is 6.33. The van der Waals surface area contributed by atoms with Crippen molar-refractivity contribution < 1.29 is 19.1 Å². The zero-order chi connectivity index (χ0) is 22.5. The van der Waals surface area contributed by atoms with E-state index in [1.807, 2.05) is 26.8 Å². The number of benzene rings is 1. The second-order valence-electron chi connectivity index (χ2n) is 6.80. The van der Waals surface area contributed by atoms with Gasteiger partial charge in [-0.1, -0.05) is 23.7 Å². The molecule has 162 valence electrons. The van der Waals surface area contributed by atoms with Gasteiger partial charge in [-0.05, 0) is 58.0 Å². The second kappa shape index (κ2) is 9.61. The summed E-state index contributed by atoms with van der Waals surface area (Å²) in [6, 6.07) is 12.1. The summed E-state index contributed by atoms with van der Waals surface area (Å²) in [6.45, 7) is 7.50. The number of para-hydroxylation sites is 2. The van der Waals surface area contributed by atoms with Crippen molar-refractivity contribution in [3.8, 4) is 11.6 Å². The normalized spacial score (nSPS) is 11.6. The molecule has 3 rings (SSSR count). The highest BCUT2D eigenvalue weighted by atomic mass is 35.5. The molecule has 1 unspecified atom stereocenters. The Bertz CT molecular complexity index is 1110. The van der Waals surface area contributed by atoms with Gasteiger partial charge in [0.05, 0.1) is 23.0 Å². The molecule has 0 spiro atoms. The first-order valence-corrected chi connectivity index (χ1v) is 10.1. The number of ether oxygens (including phenoxy) is 2. The van der Waals surface area contributed by atoms with Gasteiger partial charge in [0, 0.05) is 5.69 Å². The SMILES string of the molecule is CCOc1ccccc1NC(=O)C(C)OC(=O)c1nc(-n2nc(C)cc2C)ccc1Cl. The number of carbonyl (C=O) groups excluding carboxylic acids is 2. The molecule has 1 N–H and O–H groups in total. The van der Waals surface area contributed by atoms with Gasteiger partial charge in [0.1, 0.15) is 5.75 Å². The Morgan fingerprint density at radius 1 is 1.19 bits per heavy atom. The smallest absolute Gasteiger partial charge is 0.359 e. The average molecular weight is 443 g/mol. The Morgan fingerprint density at radius 3 is 2.61 bits per heavy atom. The number of pyridine rings is 1. The van der Waals surface area contributed by atoms with Gasteiger partial charge in [-0.2, -0.15) is 5.10 Å². The van der Waals surface area contributed by atoms with E-state index in [2.05, 4.69) is 15.4 Å². The van der Waals surface area contributed by atoms with Gasteiger partial charge in [-0.3, -0.25) is 4.79 Å². The van der Waals surface area contributed by atoms with Crippen LogP contribution >= 0.6 is 11.6 Å². The zero-order valence-electron chi connectivity index (χ0n) is 17.7. The van der Waals surface area contributed by atoms with Gasteiger partial charge < -0.3 is 14.8 Å². The van der Waals surface area contributed by atoms with Gasteiger partial charge in [-0.15, -0.1) is 0 Å². The molecule has 0 aliphatic heterocycles. The molecule has 0 aliphatic carbocycles. The first-order valence-electron chi connectivity index (χ1n) is 9.74. The van der Waals surface area contributed by atoms with Crippen molar-refractivity contribution in [3.63, 3.8) is 0 Å². The molecule has 0 saturated carbocycles. The molecular formula is C22H23ClN4O4. The summed E-state index contributed by atoms with van der Waals surface area (Å²) in [7, 11) is 0. The van der Waals surface area contributed by atoms with E-state index in [9.17, 15) is 9.59 Å². The molecular weight excluding hydrogens is 420 g/mol. The van der Waals surface area contributed by atoms with Crippen LogP contribution in [0.1, 0.15) is 35.7 Å². The van der Waals surface area contributed by atoms with E-state index in [4.69, 9.17) is 21.1 Å². The third-order valence-electron chi connectivity index (χ3n) is 4.35. The molecule has 0 bridgehead atoms. The fourth-order valence-electron chi connectivity index (χ4n) is 2.91. The molecule has 1 aromatic carbocycles. The monoisotopic (exact) mass is 442 g/mol. The molecule has 0 aliphatic rings. The third kappa shape index (κ3) is 5.21. The number of aryl methyl sites for hydroxylation is 2. The van der Waals surface area contributed by atoms with E-state index < -0.39 is 18.0 Å². The van der Waals surface area contributed by atoms with Gasteiger partial charge in [0.15, 0.2) is 17.6 Å². The van der Waals surface area contributed by atoms with Crippen LogP contribution in [-0.4, -0.2) is 39.4 Å². The van der Waals surface area contributed by atoms with E-state index in [1.54, 1.807) is 41.1 Å². The van der Waals surface area contributed by atoms with Crippen LogP contribution < -0.4 is 10.1 Å². The number of nitrogens with one attached hydrogen (secondary N) is 1. The minimum atomic E-state index is -1.09. The Labute approximate surface area is 185 Å². The Kier molecular flexibility index (Phi) is 6.91. The van der Waals surface area contributed by atoms with Gasteiger partial charge >= 0.3 is 5.97 Å². The summed E-state index contributed by atoms with van der Waals surface area (Å²) in [5, 5.41) is 7.17. The fraction of sp³-hybridized carbons (Fsp3) is 0.273. The Balaban J connectivity index is 1.74. The van der Waals surface area contributed by atoms with Crippen LogP contribution in [-0.2, 0) is 9.53 Å². The Hall–Kier alpha value is -3.39. The summed E-state index contributed by atoms with van der Waals surface area (Å²) >= 11 is 6.16. The molecule has 2 aromatic heterocycles. The van der Waals surface area contributed by atoms with Crippen molar-refractivity contribution in [1.29, 1.82) is 0 Å². The largest absolute Gasteiger partial charge is 0.492 e. The van der Waals surface area contributed by atoms with Crippen LogP contribution in [0.25, 0.3) is 5.82 Å². The topological polar surface area (TPSA) is 95.3 Å². The standard InChI is InChI=1S/C22H23ClN4O4/c1-5-30-18-9-7-6-8-17(18)24-21(28)15(4)31-22(29)20-16(23)10-11-19(25-20)27-14(3)12-13(2)26-27/h6-12,15H,5H2,1-4H3,(H,24,28). The highest BCUT2D eigenvalue weighted by Gasteiger charge is 2.23. The fourth-order valence-corrected chi connectivity index (χ4v) is 3.09. The van der Waals surface area contributed by atoms with Crippen LogP contribution in [0.3, 0.4) is 0 Å². The molecule has 0 saturated heterocycles. The van der Waals surface area contributed by atoms with E-state index >= 15 is 0 Å². The molecule has 3 aromatic rings. The lowest BCUT2D eigenvalue weighted by atomic mass is 10.2. The summed E-state index contributed by atoms with van der Waals surface area (Å²) < 4.78 is 12.4. The van der Waals surface area contributed by atoms with Crippen molar-refractivity contribution in [1.82, 2.24) is 14.8 Å². The van der Waals surface area contributed by atoms with E-state index in [-0.39, 0.29) is 10.7 Å². The van der Waals surface area contributed by atoms with Gasteiger partial charge in [-0.25, -0.2) is 14.5 Å². The minimum Gasteiger partial charge on any atom is -0.492 e. The number of rotatable bonds is 7. The van der Waals surface area contributed by atoms with E-state index in [0.717, 1.165) is 11.4 Å². The number of aromatic nitrogens is 3. The van der Waals surface area contributed by atoms with Crippen molar-refractivity contribution in [3.05, 3.63) is 64.6 Å². The minimum absolute atomic E-state index is 0.0962. The van der Waals surface area contributed by atoms with Crippen LogP contribution in [0.4, 0.5) is 5.69 Å².